The summed E-state index contributed by atoms with van der Waals surface area (Å²) in [5.74, 6) is -0.183. The molecule has 2 aromatic carbocycles. The first-order chi connectivity index (χ1) is 15.9. The van der Waals surface area contributed by atoms with Crippen LogP contribution in [0.4, 0.5) is 5.13 Å². The van der Waals surface area contributed by atoms with Crippen LogP contribution < -0.4 is 14.4 Å². The van der Waals surface area contributed by atoms with Crippen LogP contribution in [0.1, 0.15) is 18.4 Å². The van der Waals surface area contributed by atoms with Crippen LogP contribution in [0.5, 0.6) is 11.5 Å². The summed E-state index contributed by atoms with van der Waals surface area (Å²) in [5, 5.41) is 0.392. The van der Waals surface area contributed by atoms with E-state index in [0.29, 0.717) is 34.3 Å². The lowest BCUT2D eigenvalue weighted by Gasteiger charge is -2.23. The molecule has 1 aliphatic rings. The zero-order valence-corrected chi connectivity index (χ0v) is 20.2. The number of methoxy groups -OCH3 is 2. The van der Waals surface area contributed by atoms with E-state index in [4.69, 9.17) is 14.2 Å². The van der Waals surface area contributed by atoms with E-state index in [-0.39, 0.29) is 18.4 Å². The molecule has 1 amide bonds. The van der Waals surface area contributed by atoms with Crippen molar-refractivity contribution in [2.75, 3.05) is 38.0 Å². The van der Waals surface area contributed by atoms with Gasteiger partial charge < -0.3 is 14.2 Å². The number of amides is 1. The minimum Gasteiger partial charge on any atom is -0.495 e. The van der Waals surface area contributed by atoms with Crippen molar-refractivity contribution >= 4 is 42.4 Å². The number of thiazole rings is 1. The van der Waals surface area contributed by atoms with E-state index < -0.39 is 21.5 Å². The van der Waals surface area contributed by atoms with Gasteiger partial charge in [0, 0.05) is 6.61 Å². The summed E-state index contributed by atoms with van der Waals surface area (Å²) in [4.78, 5) is 19.4. The fraction of sp³-hybridized carbons (Fsp3) is 0.391. The van der Waals surface area contributed by atoms with Crippen molar-refractivity contribution in [1.29, 1.82) is 0 Å². The monoisotopic (exact) mass is 490 g/mol. The van der Waals surface area contributed by atoms with E-state index in [1.807, 2.05) is 6.07 Å². The highest BCUT2D eigenvalue weighted by Gasteiger charge is 2.30. The average molecular weight is 491 g/mol. The van der Waals surface area contributed by atoms with E-state index in [0.717, 1.165) is 17.5 Å². The molecule has 0 aliphatic carbocycles. The number of hydrogen-bond donors (Lipinski definition) is 0. The molecular formula is C23H26N2O6S2. The van der Waals surface area contributed by atoms with Gasteiger partial charge in [-0.05, 0) is 30.5 Å². The van der Waals surface area contributed by atoms with Gasteiger partial charge in [0.1, 0.15) is 27.5 Å². The minimum absolute atomic E-state index is 0.165. The second kappa shape index (κ2) is 10.1. The van der Waals surface area contributed by atoms with Crippen molar-refractivity contribution in [3.05, 3.63) is 48.0 Å². The first-order valence-electron chi connectivity index (χ1n) is 10.6. The smallest absolute Gasteiger partial charge is 0.244 e. The number of ether oxygens (including phenoxy) is 3. The first kappa shape index (κ1) is 23.5. The fourth-order valence-electron chi connectivity index (χ4n) is 3.81. The number of rotatable bonds is 9. The quantitative estimate of drug-likeness (QED) is 0.453. The van der Waals surface area contributed by atoms with Gasteiger partial charge in [-0.2, -0.15) is 0 Å². The van der Waals surface area contributed by atoms with Crippen LogP contribution in [0.25, 0.3) is 10.2 Å². The molecule has 1 saturated heterocycles. The molecule has 4 rings (SSSR count). The normalized spacial score (nSPS) is 16.1. The Morgan fingerprint density at radius 2 is 1.88 bits per heavy atom. The highest BCUT2D eigenvalue weighted by Crippen LogP contribution is 2.40. The number of hydrogen-bond acceptors (Lipinski definition) is 8. The Hall–Kier alpha value is -2.69. The predicted molar refractivity (Wildman–Crippen MR) is 128 cm³/mol. The Kier molecular flexibility index (Phi) is 7.16. The van der Waals surface area contributed by atoms with Gasteiger partial charge in [0.25, 0.3) is 0 Å². The summed E-state index contributed by atoms with van der Waals surface area (Å²) < 4.78 is 43.0. The summed E-state index contributed by atoms with van der Waals surface area (Å²) in [6.07, 6.45) is 1.54. The third kappa shape index (κ3) is 5.45. The van der Waals surface area contributed by atoms with Crippen molar-refractivity contribution in [2.24, 2.45) is 0 Å². The van der Waals surface area contributed by atoms with Crippen molar-refractivity contribution in [3.63, 3.8) is 0 Å². The molecule has 1 aromatic heterocycles. The molecule has 0 saturated carbocycles. The SMILES string of the molecule is COc1ccc(OC)c2sc(N(CC3CCCO3)C(=O)CS(=O)(=O)Cc3ccccc3)nc12. The lowest BCUT2D eigenvalue weighted by Crippen LogP contribution is -2.41. The lowest BCUT2D eigenvalue weighted by atomic mass is 10.2. The number of sulfone groups is 1. The number of carbonyl (C=O) groups excluding carboxylic acids is 1. The van der Waals surface area contributed by atoms with Crippen molar-refractivity contribution < 1.29 is 27.4 Å². The third-order valence-electron chi connectivity index (χ3n) is 5.41. The maximum absolute atomic E-state index is 13.3. The molecule has 176 valence electrons. The van der Waals surface area contributed by atoms with Gasteiger partial charge in [-0.25, -0.2) is 13.4 Å². The fourth-order valence-corrected chi connectivity index (χ4v) is 6.25. The van der Waals surface area contributed by atoms with Crippen LogP contribution >= 0.6 is 11.3 Å². The Bertz CT molecular complexity index is 1180. The Morgan fingerprint density at radius 1 is 1.15 bits per heavy atom. The molecule has 1 unspecified atom stereocenters. The van der Waals surface area contributed by atoms with Crippen LogP contribution in [0.3, 0.4) is 0 Å². The standard InChI is InChI=1S/C23H26N2O6S2/c1-29-18-10-11-19(30-2)22-21(18)24-23(32-22)25(13-17-9-6-12-31-17)20(26)15-33(27,28)14-16-7-4-3-5-8-16/h3-5,7-8,10-11,17H,6,9,12-15H2,1-2H3. The molecule has 8 nitrogen and oxygen atoms in total. The average Bonchev–Trinajstić information content (AvgIpc) is 3.46. The Morgan fingerprint density at radius 3 is 2.55 bits per heavy atom. The molecule has 0 spiro atoms. The van der Waals surface area contributed by atoms with Gasteiger partial charge in [-0.15, -0.1) is 0 Å². The second-order valence-corrected chi connectivity index (χ2v) is 10.8. The van der Waals surface area contributed by atoms with E-state index in [1.165, 1.54) is 16.2 Å². The van der Waals surface area contributed by atoms with Gasteiger partial charge in [0.15, 0.2) is 15.0 Å². The molecular weight excluding hydrogens is 464 g/mol. The lowest BCUT2D eigenvalue weighted by molar-refractivity contribution is -0.116. The molecule has 33 heavy (non-hydrogen) atoms. The van der Waals surface area contributed by atoms with Crippen molar-refractivity contribution in [3.8, 4) is 11.5 Å². The molecule has 10 heteroatoms. The van der Waals surface area contributed by atoms with Crippen molar-refractivity contribution in [2.45, 2.75) is 24.7 Å². The van der Waals surface area contributed by atoms with Gasteiger partial charge >= 0.3 is 0 Å². The number of nitrogens with zero attached hydrogens (tertiary/aromatic N) is 2. The Balaban J connectivity index is 1.65. The number of aromatic nitrogens is 1. The molecule has 0 bridgehead atoms. The van der Waals surface area contributed by atoms with E-state index >= 15 is 0 Å². The van der Waals surface area contributed by atoms with E-state index in [2.05, 4.69) is 4.98 Å². The summed E-state index contributed by atoms with van der Waals surface area (Å²) in [7, 11) is -0.572. The van der Waals surface area contributed by atoms with Gasteiger partial charge in [-0.1, -0.05) is 41.7 Å². The maximum atomic E-state index is 13.3. The van der Waals surface area contributed by atoms with Gasteiger partial charge in [0.05, 0.1) is 32.6 Å². The summed E-state index contributed by atoms with van der Waals surface area (Å²) >= 11 is 1.27. The Labute approximate surface area is 197 Å². The molecule has 1 fully saturated rings. The number of anilines is 1. The maximum Gasteiger partial charge on any atom is 0.244 e. The topological polar surface area (TPSA) is 95.0 Å². The number of benzene rings is 2. The van der Waals surface area contributed by atoms with Crippen LogP contribution in [0.2, 0.25) is 0 Å². The number of fused-ring (bicyclic) bond motifs is 1. The van der Waals surface area contributed by atoms with Gasteiger partial charge in [0.2, 0.25) is 5.91 Å². The summed E-state index contributed by atoms with van der Waals surface area (Å²) in [6.45, 7) is 0.866. The highest BCUT2D eigenvalue weighted by molar-refractivity contribution is 7.91. The van der Waals surface area contributed by atoms with Crippen LogP contribution in [-0.2, 0) is 25.1 Å². The van der Waals surface area contributed by atoms with Crippen molar-refractivity contribution in [1.82, 2.24) is 4.98 Å². The largest absolute Gasteiger partial charge is 0.495 e. The summed E-state index contributed by atoms with van der Waals surface area (Å²) in [6, 6.07) is 12.4. The van der Waals surface area contributed by atoms with Gasteiger partial charge in [-0.3, -0.25) is 9.69 Å². The highest BCUT2D eigenvalue weighted by atomic mass is 32.2. The minimum atomic E-state index is -3.68. The van der Waals surface area contributed by atoms with Crippen LogP contribution in [-0.4, -0.2) is 58.5 Å². The molecule has 2 heterocycles. The van der Waals surface area contributed by atoms with Crippen LogP contribution in [0, 0.1) is 0 Å². The zero-order valence-electron chi connectivity index (χ0n) is 18.5. The summed E-state index contributed by atoms with van der Waals surface area (Å²) in [5.41, 5.74) is 1.21. The second-order valence-electron chi connectivity index (χ2n) is 7.80. The van der Waals surface area contributed by atoms with Crippen LogP contribution in [0.15, 0.2) is 42.5 Å². The molecule has 1 atom stereocenters. The molecule has 0 radical (unpaired) electrons. The molecule has 0 N–H and O–H groups in total. The zero-order chi connectivity index (χ0) is 23.4. The first-order valence-corrected chi connectivity index (χ1v) is 13.2. The third-order valence-corrected chi connectivity index (χ3v) is 7.97. The van der Waals surface area contributed by atoms with E-state index in [9.17, 15) is 13.2 Å². The number of carbonyl (C=O) groups is 1. The molecule has 1 aliphatic heterocycles. The predicted octanol–water partition coefficient (Wildman–Crippen LogP) is 3.44. The van der Waals surface area contributed by atoms with E-state index in [1.54, 1.807) is 50.6 Å². The molecule has 3 aromatic rings.